The number of furan rings is 1. The molecular formula is C47H30O. The molecule has 1 nitrogen and oxygen atoms in total. The minimum atomic E-state index is -0.0940. The summed E-state index contributed by atoms with van der Waals surface area (Å²) in [5, 5.41) is 12.8. The van der Waals surface area contributed by atoms with E-state index in [1.807, 2.05) is 12.1 Å². The van der Waals surface area contributed by atoms with Gasteiger partial charge in [0.15, 0.2) is 0 Å². The molecule has 1 heterocycles. The highest BCUT2D eigenvalue weighted by Gasteiger charge is 2.37. The van der Waals surface area contributed by atoms with Gasteiger partial charge in [-0.15, -0.1) is 0 Å². The zero-order chi connectivity index (χ0) is 31.7. The lowest BCUT2D eigenvalue weighted by Crippen LogP contribution is -2.14. The van der Waals surface area contributed by atoms with Crippen LogP contribution >= 0.6 is 0 Å². The van der Waals surface area contributed by atoms with E-state index in [1.54, 1.807) is 0 Å². The molecule has 0 bridgehead atoms. The van der Waals surface area contributed by atoms with E-state index in [1.165, 1.54) is 87.6 Å². The van der Waals surface area contributed by atoms with Crippen molar-refractivity contribution in [1.29, 1.82) is 0 Å². The van der Waals surface area contributed by atoms with Crippen LogP contribution in [-0.4, -0.2) is 0 Å². The van der Waals surface area contributed by atoms with Crippen LogP contribution < -0.4 is 0 Å². The maximum atomic E-state index is 6.30. The van der Waals surface area contributed by atoms with Crippen LogP contribution in [0.3, 0.4) is 0 Å². The van der Waals surface area contributed by atoms with Crippen LogP contribution in [0.4, 0.5) is 0 Å². The molecule has 0 atom stereocenters. The largest absolute Gasteiger partial charge is 0.456 e. The fourth-order valence-electron chi connectivity index (χ4n) is 8.91. The minimum absolute atomic E-state index is 0.0940. The zero-order valence-electron chi connectivity index (χ0n) is 26.8. The molecule has 0 radical (unpaired) electrons. The quantitative estimate of drug-likeness (QED) is 0.178. The Hall–Kier alpha value is -5.92. The number of rotatable bonds is 2. The van der Waals surface area contributed by atoms with Crippen molar-refractivity contribution in [3.63, 3.8) is 0 Å². The molecule has 224 valence electrons. The summed E-state index contributed by atoms with van der Waals surface area (Å²) in [5.74, 6) is 0. The number of para-hydroxylation sites is 1. The first-order chi connectivity index (χ1) is 23.5. The van der Waals surface area contributed by atoms with Crippen molar-refractivity contribution in [3.8, 4) is 33.4 Å². The summed E-state index contributed by atoms with van der Waals surface area (Å²) in [6, 6.07) is 54.0. The van der Waals surface area contributed by atoms with Gasteiger partial charge in [-0.3, -0.25) is 0 Å². The number of benzene rings is 9. The molecule has 0 saturated carbocycles. The van der Waals surface area contributed by atoms with Crippen LogP contribution in [0.25, 0.3) is 98.4 Å². The first-order valence-corrected chi connectivity index (χ1v) is 16.8. The molecule has 1 heteroatoms. The smallest absolute Gasteiger partial charge is 0.136 e. The van der Waals surface area contributed by atoms with Crippen molar-refractivity contribution in [3.05, 3.63) is 157 Å². The molecular weight excluding hydrogens is 581 g/mol. The van der Waals surface area contributed by atoms with E-state index in [9.17, 15) is 0 Å². The molecule has 10 aromatic rings. The molecule has 9 aromatic carbocycles. The summed E-state index contributed by atoms with van der Waals surface area (Å²) in [7, 11) is 0. The SMILES string of the molecule is CC1(C)c2ccc(-c3ccc4ccc5cccc6ccc3c4c56)cc2-c2c1ccc1c(-c3ccc4c(c3)oc3ccccc34)cccc21. The van der Waals surface area contributed by atoms with Gasteiger partial charge in [-0.2, -0.15) is 0 Å². The van der Waals surface area contributed by atoms with Crippen molar-refractivity contribution < 1.29 is 4.42 Å². The summed E-state index contributed by atoms with van der Waals surface area (Å²) in [6.45, 7) is 4.75. The molecule has 0 saturated heterocycles. The second-order valence-corrected chi connectivity index (χ2v) is 14.1. The van der Waals surface area contributed by atoms with E-state index in [0.29, 0.717) is 0 Å². The molecule has 0 amide bonds. The predicted molar refractivity (Wildman–Crippen MR) is 203 cm³/mol. The van der Waals surface area contributed by atoms with Crippen molar-refractivity contribution in [1.82, 2.24) is 0 Å². The Morgan fingerprint density at radius 3 is 1.92 bits per heavy atom. The van der Waals surface area contributed by atoms with E-state index in [-0.39, 0.29) is 5.41 Å². The summed E-state index contributed by atoms with van der Waals surface area (Å²) in [6.07, 6.45) is 0. The lowest BCUT2D eigenvalue weighted by Gasteiger charge is -2.22. The third kappa shape index (κ3) is 3.35. The first-order valence-electron chi connectivity index (χ1n) is 16.8. The molecule has 1 aliphatic rings. The average Bonchev–Trinajstić information content (AvgIpc) is 3.61. The topological polar surface area (TPSA) is 13.1 Å². The van der Waals surface area contributed by atoms with Gasteiger partial charge in [0.05, 0.1) is 0 Å². The Kier molecular flexibility index (Phi) is 4.97. The Balaban J connectivity index is 1.13. The second-order valence-electron chi connectivity index (χ2n) is 14.1. The first kappa shape index (κ1) is 26.2. The Morgan fingerprint density at radius 1 is 0.396 bits per heavy atom. The number of hydrogen-bond acceptors (Lipinski definition) is 1. The van der Waals surface area contributed by atoms with Gasteiger partial charge < -0.3 is 4.42 Å². The van der Waals surface area contributed by atoms with Crippen molar-refractivity contribution in [2.24, 2.45) is 0 Å². The standard InChI is InChI=1S/C47H30O/c1-47(2)40-23-18-30(33-19-15-29-14-13-27-7-5-8-28-16-21-38(33)45(29)44(27)28)25-39(40)46-37-11-6-10-32(34(37)22-24-41(46)47)31-17-20-36-35-9-3-4-12-42(35)48-43(36)26-31/h3-26H,1-2H3. The zero-order valence-corrected chi connectivity index (χ0v) is 26.8. The molecule has 1 aromatic heterocycles. The van der Waals surface area contributed by atoms with Crippen LogP contribution in [-0.2, 0) is 5.41 Å². The van der Waals surface area contributed by atoms with Crippen LogP contribution in [0.2, 0.25) is 0 Å². The molecule has 0 N–H and O–H groups in total. The van der Waals surface area contributed by atoms with Gasteiger partial charge in [0.25, 0.3) is 0 Å². The van der Waals surface area contributed by atoms with Crippen molar-refractivity contribution >= 4 is 65.0 Å². The van der Waals surface area contributed by atoms with Gasteiger partial charge in [-0.25, -0.2) is 0 Å². The maximum Gasteiger partial charge on any atom is 0.136 e. The summed E-state index contributed by atoms with van der Waals surface area (Å²) in [5.41, 5.74) is 12.2. The molecule has 0 fully saturated rings. The van der Waals surface area contributed by atoms with Gasteiger partial charge in [-0.05, 0) is 112 Å². The molecule has 0 spiro atoms. The highest BCUT2D eigenvalue weighted by Crippen LogP contribution is 2.53. The van der Waals surface area contributed by atoms with Crippen LogP contribution in [0, 0.1) is 0 Å². The van der Waals surface area contributed by atoms with Gasteiger partial charge in [0.1, 0.15) is 11.2 Å². The number of fused-ring (bicyclic) bond motifs is 8. The molecule has 48 heavy (non-hydrogen) atoms. The average molecular weight is 611 g/mol. The van der Waals surface area contributed by atoms with Crippen LogP contribution in [0.1, 0.15) is 25.0 Å². The molecule has 0 aliphatic heterocycles. The van der Waals surface area contributed by atoms with Gasteiger partial charge in [0, 0.05) is 16.2 Å². The fraction of sp³-hybridized carbons (Fsp3) is 0.0638. The summed E-state index contributed by atoms with van der Waals surface area (Å²) in [4.78, 5) is 0. The Morgan fingerprint density at radius 2 is 1.02 bits per heavy atom. The third-order valence-corrected chi connectivity index (χ3v) is 11.2. The van der Waals surface area contributed by atoms with Crippen molar-refractivity contribution in [2.75, 3.05) is 0 Å². The molecule has 0 unspecified atom stereocenters. The highest BCUT2D eigenvalue weighted by molar-refractivity contribution is 6.25. The number of hydrogen-bond donors (Lipinski definition) is 0. The van der Waals surface area contributed by atoms with E-state index in [0.717, 1.165) is 21.9 Å². The third-order valence-electron chi connectivity index (χ3n) is 11.2. The molecule has 11 rings (SSSR count). The lowest BCUT2D eigenvalue weighted by molar-refractivity contribution is 0.661. The molecule has 1 aliphatic carbocycles. The van der Waals surface area contributed by atoms with E-state index in [4.69, 9.17) is 4.42 Å². The second kappa shape index (κ2) is 9.12. The lowest BCUT2D eigenvalue weighted by atomic mass is 9.81. The van der Waals surface area contributed by atoms with Gasteiger partial charge >= 0.3 is 0 Å². The minimum Gasteiger partial charge on any atom is -0.456 e. The van der Waals surface area contributed by atoms with Crippen LogP contribution in [0.5, 0.6) is 0 Å². The highest BCUT2D eigenvalue weighted by atomic mass is 16.3. The van der Waals surface area contributed by atoms with E-state index in [2.05, 4.69) is 147 Å². The van der Waals surface area contributed by atoms with Crippen molar-refractivity contribution in [2.45, 2.75) is 19.3 Å². The summed E-state index contributed by atoms with van der Waals surface area (Å²) >= 11 is 0. The van der Waals surface area contributed by atoms with E-state index >= 15 is 0 Å². The van der Waals surface area contributed by atoms with Gasteiger partial charge in [0.2, 0.25) is 0 Å². The van der Waals surface area contributed by atoms with E-state index < -0.39 is 0 Å². The van der Waals surface area contributed by atoms with Crippen LogP contribution in [0.15, 0.2) is 150 Å². The van der Waals surface area contributed by atoms with Gasteiger partial charge in [-0.1, -0.05) is 135 Å². The predicted octanol–water partition coefficient (Wildman–Crippen LogP) is 13.3. The maximum absolute atomic E-state index is 6.30. The fourth-order valence-corrected chi connectivity index (χ4v) is 8.91. The monoisotopic (exact) mass is 610 g/mol. The Labute approximate surface area is 278 Å². The normalized spacial score (nSPS) is 13.8. The Bertz CT molecular complexity index is 2960. The summed E-state index contributed by atoms with van der Waals surface area (Å²) < 4.78 is 6.30.